The molecule has 152 valence electrons. The third-order valence-electron chi connectivity index (χ3n) is 6.36. The maximum absolute atomic E-state index is 12.7. The minimum Gasteiger partial charge on any atom is -0.340 e. The first kappa shape index (κ1) is 19.2. The molecule has 2 unspecified atom stereocenters. The summed E-state index contributed by atoms with van der Waals surface area (Å²) in [5.41, 5.74) is 1.24. The van der Waals surface area contributed by atoms with E-state index in [1.165, 1.54) is 5.56 Å². The van der Waals surface area contributed by atoms with Crippen molar-refractivity contribution in [3.05, 3.63) is 30.1 Å². The monoisotopic (exact) mass is 385 g/mol. The topological polar surface area (TPSA) is 68.8 Å². The highest BCUT2D eigenvalue weighted by atomic mass is 16.2. The Morgan fingerprint density at radius 3 is 2.71 bits per heavy atom. The number of amides is 3. The molecule has 4 heterocycles. The van der Waals surface area contributed by atoms with Crippen LogP contribution in [-0.4, -0.2) is 75.9 Å². The van der Waals surface area contributed by atoms with E-state index in [9.17, 15) is 9.59 Å². The van der Waals surface area contributed by atoms with Gasteiger partial charge in [0, 0.05) is 57.1 Å². The molecule has 0 spiro atoms. The van der Waals surface area contributed by atoms with Crippen LogP contribution in [0.5, 0.6) is 0 Å². The number of nitrogens with one attached hydrogen (secondary N) is 1. The molecule has 3 aliphatic heterocycles. The molecule has 0 bridgehead atoms. The van der Waals surface area contributed by atoms with Gasteiger partial charge in [-0.3, -0.25) is 14.7 Å². The fourth-order valence-corrected chi connectivity index (χ4v) is 4.91. The molecule has 0 aromatic carbocycles. The molecule has 7 heteroatoms. The van der Waals surface area contributed by atoms with E-state index in [-0.39, 0.29) is 29.9 Å². The van der Waals surface area contributed by atoms with Gasteiger partial charge >= 0.3 is 6.03 Å². The summed E-state index contributed by atoms with van der Waals surface area (Å²) in [6.07, 6.45) is 6.61. The lowest BCUT2D eigenvalue weighted by Crippen LogP contribution is -2.55. The number of hydrogen-bond donors (Lipinski definition) is 1. The fourth-order valence-electron chi connectivity index (χ4n) is 4.91. The number of carbonyl (C=O) groups is 2. The summed E-state index contributed by atoms with van der Waals surface area (Å²) in [5, 5.41) is 3.15. The first-order valence-corrected chi connectivity index (χ1v) is 10.5. The van der Waals surface area contributed by atoms with Crippen LogP contribution < -0.4 is 5.32 Å². The Hall–Kier alpha value is -2.15. The van der Waals surface area contributed by atoms with Gasteiger partial charge in [0.25, 0.3) is 0 Å². The number of aromatic nitrogens is 1. The Bertz CT molecular complexity index is 702. The molecule has 0 aliphatic carbocycles. The molecule has 1 aromatic rings. The molecule has 3 aliphatic rings. The van der Waals surface area contributed by atoms with Gasteiger partial charge in [-0.15, -0.1) is 0 Å². The number of hydrogen-bond acceptors (Lipinski definition) is 4. The number of piperidine rings is 2. The molecule has 3 fully saturated rings. The van der Waals surface area contributed by atoms with Gasteiger partial charge in [-0.25, -0.2) is 4.79 Å². The molecule has 0 saturated carbocycles. The zero-order valence-electron chi connectivity index (χ0n) is 16.9. The average Bonchev–Trinajstić information content (AvgIpc) is 3.03. The molecule has 1 N–H and O–H groups in total. The summed E-state index contributed by atoms with van der Waals surface area (Å²) in [7, 11) is 0. The molecule has 28 heavy (non-hydrogen) atoms. The Labute approximate surface area is 167 Å². The first-order valence-electron chi connectivity index (χ1n) is 10.5. The molecular formula is C21H31N5O2. The van der Waals surface area contributed by atoms with Crippen LogP contribution in [0.3, 0.4) is 0 Å². The van der Waals surface area contributed by atoms with Gasteiger partial charge in [-0.1, -0.05) is 19.9 Å². The lowest BCUT2D eigenvalue weighted by atomic mass is 9.95. The predicted molar refractivity (Wildman–Crippen MR) is 107 cm³/mol. The molecule has 3 amide bonds. The third-order valence-corrected chi connectivity index (χ3v) is 6.36. The summed E-state index contributed by atoms with van der Waals surface area (Å²) in [6.45, 7) is 8.19. The van der Waals surface area contributed by atoms with Crippen molar-refractivity contribution in [3.63, 3.8) is 0 Å². The number of nitrogens with zero attached hydrogens (tertiary/aromatic N) is 4. The van der Waals surface area contributed by atoms with E-state index in [0.29, 0.717) is 12.6 Å². The van der Waals surface area contributed by atoms with Crippen molar-refractivity contribution in [2.75, 3.05) is 26.2 Å². The van der Waals surface area contributed by atoms with Crippen molar-refractivity contribution in [2.45, 2.75) is 57.8 Å². The summed E-state index contributed by atoms with van der Waals surface area (Å²) in [4.78, 5) is 35.7. The van der Waals surface area contributed by atoms with Crippen LogP contribution in [0.15, 0.2) is 24.5 Å². The van der Waals surface area contributed by atoms with Crippen LogP contribution >= 0.6 is 0 Å². The smallest absolute Gasteiger partial charge is 0.318 e. The number of fused-ring (bicyclic) bond motifs is 1. The predicted octanol–water partition coefficient (Wildman–Crippen LogP) is 1.70. The second-order valence-corrected chi connectivity index (χ2v) is 8.63. The minimum atomic E-state index is 0.00824. The van der Waals surface area contributed by atoms with Crippen LogP contribution in [0.25, 0.3) is 0 Å². The zero-order chi connectivity index (χ0) is 19.7. The van der Waals surface area contributed by atoms with Crippen LogP contribution in [0.2, 0.25) is 0 Å². The van der Waals surface area contributed by atoms with E-state index in [4.69, 9.17) is 0 Å². The van der Waals surface area contributed by atoms with Crippen LogP contribution in [0.4, 0.5) is 4.79 Å². The fraction of sp³-hybridized carbons (Fsp3) is 0.667. The van der Waals surface area contributed by atoms with E-state index in [1.807, 2.05) is 31.0 Å². The van der Waals surface area contributed by atoms with E-state index >= 15 is 0 Å². The van der Waals surface area contributed by atoms with Crippen molar-refractivity contribution in [2.24, 2.45) is 5.92 Å². The molecular weight excluding hydrogens is 354 g/mol. The summed E-state index contributed by atoms with van der Waals surface area (Å²) < 4.78 is 0. The summed E-state index contributed by atoms with van der Waals surface area (Å²) in [6, 6.07) is 4.74. The zero-order valence-corrected chi connectivity index (χ0v) is 16.9. The molecule has 2 atom stereocenters. The molecule has 7 nitrogen and oxygen atoms in total. The van der Waals surface area contributed by atoms with Crippen molar-refractivity contribution >= 4 is 11.9 Å². The van der Waals surface area contributed by atoms with Gasteiger partial charge in [0.1, 0.15) is 0 Å². The maximum atomic E-state index is 12.7. The molecule has 4 rings (SSSR count). The van der Waals surface area contributed by atoms with Gasteiger partial charge in [0.2, 0.25) is 5.91 Å². The summed E-state index contributed by atoms with van der Waals surface area (Å²) >= 11 is 0. The molecule has 3 saturated heterocycles. The second-order valence-electron chi connectivity index (χ2n) is 8.63. The quantitative estimate of drug-likeness (QED) is 0.857. The molecule has 1 aromatic heterocycles. The van der Waals surface area contributed by atoms with Gasteiger partial charge in [0.05, 0.1) is 12.1 Å². The average molecular weight is 386 g/mol. The number of pyridine rings is 1. The summed E-state index contributed by atoms with van der Waals surface area (Å²) in [5.74, 6) is 0.198. The highest BCUT2D eigenvalue weighted by Crippen LogP contribution is 2.29. The standard InChI is InChI=1S/C21H31N5O2/c1-15(2)20(27)25-11-7-19-18(14-25)23-21(28)26(19)17-5-9-24(10-6-17)13-16-4-3-8-22-12-16/h3-4,8,12,15,17-19H,5-7,9-11,13-14H2,1-2H3,(H,23,28). The number of likely N-dealkylation sites (tertiary alicyclic amines) is 2. The van der Waals surface area contributed by atoms with Crippen LogP contribution in [0.1, 0.15) is 38.7 Å². The second kappa shape index (κ2) is 8.07. The Morgan fingerprint density at radius 2 is 2.04 bits per heavy atom. The maximum Gasteiger partial charge on any atom is 0.318 e. The van der Waals surface area contributed by atoms with Crippen LogP contribution in [0, 0.1) is 5.92 Å². The lowest BCUT2D eigenvalue weighted by molar-refractivity contribution is -0.136. The van der Waals surface area contributed by atoms with Crippen LogP contribution in [-0.2, 0) is 11.3 Å². The number of carbonyl (C=O) groups excluding carboxylic acids is 2. The van der Waals surface area contributed by atoms with E-state index in [1.54, 1.807) is 6.20 Å². The SMILES string of the molecule is CC(C)C(=O)N1CCC2C(C1)NC(=O)N2C1CCN(Cc2cccnc2)CC1. The molecule has 0 radical (unpaired) electrons. The largest absolute Gasteiger partial charge is 0.340 e. The van der Waals surface area contributed by atoms with Crippen molar-refractivity contribution in [1.82, 2.24) is 25.0 Å². The Kier molecular flexibility index (Phi) is 5.53. The van der Waals surface area contributed by atoms with Crippen molar-refractivity contribution in [1.29, 1.82) is 0 Å². The normalized spacial score (nSPS) is 26.5. The van der Waals surface area contributed by atoms with Gasteiger partial charge < -0.3 is 15.1 Å². The van der Waals surface area contributed by atoms with Crippen molar-refractivity contribution in [3.8, 4) is 0 Å². The van der Waals surface area contributed by atoms with Gasteiger partial charge in [-0.2, -0.15) is 0 Å². The minimum absolute atomic E-state index is 0.00824. The number of rotatable bonds is 4. The lowest BCUT2D eigenvalue weighted by Gasteiger charge is -2.42. The van der Waals surface area contributed by atoms with Crippen molar-refractivity contribution < 1.29 is 9.59 Å². The Morgan fingerprint density at radius 1 is 1.25 bits per heavy atom. The van der Waals surface area contributed by atoms with E-state index < -0.39 is 0 Å². The Balaban J connectivity index is 1.33. The van der Waals surface area contributed by atoms with Gasteiger partial charge in [-0.05, 0) is 30.9 Å². The van der Waals surface area contributed by atoms with Gasteiger partial charge in [0.15, 0.2) is 0 Å². The number of urea groups is 1. The first-order chi connectivity index (χ1) is 13.5. The highest BCUT2D eigenvalue weighted by Gasteiger charge is 2.46. The third kappa shape index (κ3) is 3.85. The van der Waals surface area contributed by atoms with E-state index in [2.05, 4.69) is 26.2 Å². The van der Waals surface area contributed by atoms with E-state index in [0.717, 1.165) is 45.4 Å². The highest BCUT2D eigenvalue weighted by molar-refractivity contribution is 5.80.